The van der Waals surface area contributed by atoms with Crippen molar-refractivity contribution >= 4 is 0 Å². The van der Waals surface area contributed by atoms with Crippen LogP contribution in [0.3, 0.4) is 0 Å². The fourth-order valence-electron chi connectivity index (χ4n) is 0.937. The highest BCUT2D eigenvalue weighted by Crippen LogP contribution is 2.23. The number of rotatable bonds is 2. The van der Waals surface area contributed by atoms with E-state index in [0.29, 0.717) is 13.2 Å². The maximum atomic E-state index is 5.30. The molecule has 9 heavy (non-hydrogen) atoms. The molecule has 0 radical (unpaired) electrons. The molecule has 0 bridgehead atoms. The monoisotopic (exact) mass is 128 g/mol. The molecule has 0 aromatic heterocycles. The molecule has 0 aliphatic carbocycles. The first-order valence-electron chi connectivity index (χ1n) is 3.24. The van der Waals surface area contributed by atoms with E-state index in [1.54, 1.807) is 6.08 Å². The molecule has 1 fully saturated rings. The minimum atomic E-state index is -0.458. The molecule has 1 rings (SSSR count). The molecule has 0 atom stereocenters. The molecule has 0 N–H and O–H groups in total. The highest BCUT2D eigenvalue weighted by atomic mass is 16.7. The van der Waals surface area contributed by atoms with Gasteiger partial charge in [-0.3, -0.25) is 0 Å². The molecule has 1 aliphatic rings. The van der Waals surface area contributed by atoms with Crippen molar-refractivity contribution in [2.75, 3.05) is 13.2 Å². The largest absolute Gasteiger partial charge is 0.344 e. The summed E-state index contributed by atoms with van der Waals surface area (Å²) in [5.74, 6) is -0.458. The van der Waals surface area contributed by atoms with Gasteiger partial charge in [0.25, 0.3) is 0 Å². The van der Waals surface area contributed by atoms with Crippen LogP contribution in [0.15, 0.2) is 12.7 Å². The van der Waals surface area contributed by atoms with Crippen LogP contribution in [0.5, 0.6) is 0 Å². The maximum absolute atomic E-state index is 5.30. The Bertz CT molecular complexity index is 103. The van der Waals surface area contributed by atoms with Crippen molar-refractivity contribution in [2.24, 2.45) is 0 Å². The molecule has 0 aromatic carbocycles. The van der Waals surface area contributed by atoms with Gasteiger partial charge in [-0.05, 0) is 6.08 Å². The third-order valence-electron chi connectivity index (χ3n) is 1.58. The van der Waals surface area contributed by atoms with E-state index in [4.69, 9.17) is 9.47 Å². The van der Waals surface area contributed by atoms with Gasteiger partial charge < -0.3 is 9.47 Å². The van der Waals surface area contributed by atoms with Gasteiger partial charge in [0.2, 0.25) is 0 Å². The van der Waals surface area contributed by atoms with E-state index in [0.717, 1.165) is 6.42 Å². The second kappa shape index (κ2) is 2.50. The zero-order valence-electron chi connectivity index (χ0n) is 5.72. The van der Waals surface area contributed by atoms with Gasteiger partial charge in [-0.1, -0.05) is 13.5 Å². The molecule has 52 valence electrons. The van der Waals surface area contributed by atoms with Gasteiger partial charge in [-0.25, -0.2) is 0 Å². The fourth-order valence-corrected chi connectivity index (χ4v) is 0.937. The quantitative estimate of drug-likeness (QED) is 0.522. The Labute approximate surface area is 55.5 Å². The Hall–Kier alpha value is -0.340. The first kappa shape index (κ1) is 6.78. The van der Waals surface area contributed by atoms with Gasteiger partial charge in [0, 0.05) is 6.42 Å². The molecule has 0 saturated carbocycles. The Morgan fingerprint density at radius 2 is 2.11 bits per heavy atom. The number of hydrogen-bond acceptors (Lipinski definition) is 2. The van der Waals surface area contributed by atoms with Gasteiger partial charge >= 0.3 is 0 Å². The summed E-state index contributed by atoms with van der Waals surface area (Å²) in [6.07, 6.45) is 2.57. The lowest BCUT2D eigenvalue weighted by atomic mass is 10.2. The van der Waals surface area contributed by atoms with Gasteiger partial charge in [0.15, 0.2) is 5.79 Å². The Balaban J connectivity index is 2.55. The summed E-state index contributed by atoms with van der Waals surface area (Å²) in [6.45, 7) is 7.05. The van der Waals surface area contributed by atoms with E-state index in [9.17, 15) is 0 Å². The standard InChI is InChI=1S/C7H12O2/c1-3-7(4-2)8-5-6-9-7/h3H,1,4-6H2,2H3. The molecule has 2 heteroatoms. The number of hydrogen-bond donors (Lipinski definition) is 0. The molecule has 1 saturated heterocycles. The second-order valence-corrected chi connectivity index (χ2v) is 2.07. The molecular formula is C7H12O2. The van der Waals surface area contributed by atoms with Crippen LogP contribution in [0.2, 0.25) is 0 Å². The maximum Gasteiger partial charge on any atom is 0.187 e. The lowest BCUT2D eigenvalue weighted by molar-refractivity contribution is -0.117. The minimum absolute atomic E-state index is 0.458. The van der Waals surface area contributed by atoms with Gasteiger partial charge in [-0.2, -0.15) is 0 Å². The van der Waals surface area contributed by atoms with E-state index >= 15 is 0 Å². The van der Waals surface area contributed by atoms with Gasteiger partial charge in [0.1, 0.15) is 0 Å². The summed E-state index contributed by atoms with van der Waals surface area (Å²) in [7, 11) is 0. The molecule has 1 aliphatic heterocycles. The summed E-state index contributed by atoms with van der Waals surface area (Å²) in [4.78, 5) is 0. The third kappa shape index (κ3) is 1.14. The van der Waals surface area contributed by atoms with Crippen LogP contribution >= 0.6 is 0 Å². The van der Waals surface area contributed by atoms with Crippen molar-refractivity contribution in [1.29, 1.82) is 0 Å². The van der Waals surface area contributed by atoms with Gasteiger partial charge in [-0.15, -0.1) is 0 Å². The van der Waals surface area contributed by atoms with Crippen LogP contribution in [-0.2, 0) is 9.47 Å². The minimum Gasteiger partial charge on any atom is -0.344 e. The topological polar surface area (TPSA) is 18.5 Å². The Morgan fingerprint density at radius 1 is 1.56 bits per heavy atom. The van der Waals surface area contributed by atoms with Crippen molar-refractivity contribution < 1.29 is 9.47 Å². The van der Waals surface area contributed by atoms with Crippen LogP contribution in [0.25, 0.3) is 0 Å². The fraction of sp³-hybridized carbons (Fsp3) is 0.714. The normalized spacial score (nSPS) is 24.1. The Morgan fingerprint density at radius 3 is 2.33 bits per heavy atom. The summed E-state index contributed by atoms with van der Waals surface area (Å²) < 4.78 is 10.6. The molecule has 1 heterocycles. The molecule has 0 amide bonds. The van der Waals surface area contributed by atoms with E-state index in [2.05, 4.69) is 6.58 Å². The molecule has 2 nitrogen and oxygen atoms in total. The summed E-state index contributed by atoms with van der Waals surface area (Å²) >= 11 is 0. The predicted molar refractivity (Wildman–Crippen MR) is 35.1 cm³/mol. The lowest BCUT2D eigenvalue weighted by Crippen LogP contribution is -2.25. The van der Waals surface area contributed by atoms with Crippen LogP contribution in [0, 0.1) is 0 Å². The SMILES string of the molecule is C=CC1(CC)OCCO1. The van der Waals surface area contributed by atoms with Crippen LogP contribution in [0.1, 0.15) is 13.3 Å². The van der Waals surface area contributed by atoms with Crippen LogP contribution in [0.4, 0.5) is 0 Å². The summed E-state index contributed by atoms with van der Waals surface area (Å²) in [6, 6.07) is 0. The van der Waals surface area contributed by atoms with Crippen molar-refractivity contribution in [3.05, 3.63) is 12.7 Å². The molecule has 0 unspecified atom stereocenters. The van der Waals surface area contributed by atoms with E-state index < -0.39 is 5.79 Å². The highest BCUT2D eigenvalue weighted by Gasteiger charge is 2.30. The molecule has 0 spiro atoms. The van der Waals surface area contributed by atoms with Crippen molar-refractivity contribution in [2.45, 2.75) is 19.1 Å². The number of ether oxygens (including phenoxy) is 2. The van der Waals surface area contributed by atoms with Gasteiger partial charge in [0.05, 0.1) is 13.2 Å². The summed E-state index contributed by atoms with van der Waals surface area (Å²) in [5.41, 5.74) is 0. The molecule has 0 aromatic rings. The Kier molecular flexibility index (Phi) is 1.88. The second-order valence-electron chi connectivity index (χ2n) is 2.07. The smallest absolute Gasteiger partial charge is 0.187 e. The van der Waals surface area contributed by atoms with E-state index in [1.807, 2.05) is 6.92 Å². The zero-order valence-corrected chi connectivity index (χ0v) is 5.72. The van der Waals surface area contributed by atoms with Crippen molar-refractivity contribution in [3.8, 4) is 0 Å². The third-order valence-corrected chi connectivity index (χ3v) is 1.58. The van der Waals surface area contributed by atoms with Crippen LogP contribution in [-0.4, -0.2) is 19.0 Å². The molecular weight excluding hydrogens is 116 g/mol. The van der Waals surface area contributed by atoms with Crippen molar-refractivity contribution in [1.82, 2.24) is 0 Å². The zero-order chi connectivity index (χ0) is 6.74. The van der Waals surface area contributed by atoms with Crippen molar-refractivity contribution in [3.63, 3.8) is 0 Å². The average Bonchev–Trinajstić information content (AvgIpc) is 2.36. The predicted octanol–water partition coefficient (Wildman–Crippen LogP) is 1.33. The van der Waals surface area contributed by atoms with Crippen LogP contribution < -0.4 is 0 Å². The summed E-state index contributed by atoms with van der Waals surface area (Å²) in [5, 5.41) is 0. The highest BCUT2D eigenvalue weighted by molar-refractivity contribution is 4.90. The first-order valence-corrected chi connectivity index (χ1v) is 3.24. The van der Waals surface area contributed by atoms with E-state index in [1.165, 1.54) is 0 Å². The average molecular weight is 128 g/mol. The van der Waals surface area contributed by atoms with E-state index in [-0.39, 0.29) is 0 Å². The first-order chi connectivity index (χ1) is 4.33. The lowest BCUT2D eigenvalue weighted by Gasteiger charge is -2.20.